The number of hydrogen-bond donors (Lipinski definition) is 0. The van der Waals surface area contributed by atoms with Crippen LogP contribution in [0.25, 0.3) is 101 Å². The summed E-state index contributed by atoms with van der Waals surface area (Å²) in [6.07, 6.45) is 18.8. The smallest absolute Gasteiger partial charge is 0.159 e. The van der Waals surface area contributed by atoms with Crippen LogP contribution in [0, 0.1) is 5.92 Å². The van der Waals surface area contributed by atoms with E-state index in [0.717, 1.165) is 123 Å². The van der Waals surface area contributed by atoms with Gasteiger partial charge in [0, 0.05) is 50.2 Å². The predicted molar refractivity (Wildman–Crippen MR) is 358 cm³/mol. The third-order valence-electron chi connectivity index (χ3n) is 18.8. The molecule has 0 aliphatic heterocycles. The number of benzene rings is 11. The molecule has 4 aliphatic rings. The fourth-order valence-electron chi connectivity index (χ4n) is 14.8. The second kappa shape index (κ2) is 20.7. The quantitative estimate of drug-likeness (QED) is 0.129. The van der Waals surface area contributed by atoms with Crippen LogP contribution in [0.3, 0.4) is 0 Å². The first-order chi connectivity index (χ1) is 42.7. The van der Waals surface area contributed by atoms with Crippen molar-refractivity contribution < 1.29 is 8.83 Å². The molecule has 17 rings (SSSR count). The van der Waals surface area contributed by atoms with E-state index in [4.69, 9.17) is 8.83 Å². The van der Waals surface area contributed by atoms with Crippen molar-refractivity contribution in [3.63, 3.8) is 0 Å². The number of anilines is 4. The first-order valence-electron chi connectivity index (χ1n) is 30.6. The van der Waals surface area contributed by atoms with Crippen LogP contribution in [0.5, 0.6) is 0 Å². The van der Waals surface area contributed by atoms with E-state index in [2.05, 4.69) is 295 Å². The maximum atomic E-state index is 7.23. The molecule has 11 aromatic carbocycles. The van der Waals surface area contributed by atoms with Crippen molar-refractivity contribution >= 4 is 78.8 Å². The number of allylic oxidation sites excluding steroid dienone is 4. The lowest BCUT2D eigenvalue weighted by atomic mass is 9.65. The highest BCUT2D eigenvalue weighted by Crippen LogP contribution is 2.58. The summed E-state index contributed by atoms with van der Waals surface area (Å²) in [7, 11) is 0. The molecule has 0 N–H and O–H groups in total. The van der Waals surface area contributed by atoms with Crippen molar-refractivity contribution in [1.29, 1.82) is 0 Å². The first kappa shape index (κ1) is 50.1. The van der Waals surface area contributed by atoms with Crippen LogP contribution in [-0.4, -0.2) is 0 Å². The van der Waals surface area contributed by atoms with Crippen LogP contribution in [0.4, 0.5) is 22.7 Å². The molecule has 4 aliphatic carbocycles. The van der Waals surface area contributed by atoms with E-state index < -0.39 is 0 Å². The minimum Gasteiger partial charge on any atom is -0.454 e. The van der Waals surface area contributed by atoms with Gasteiger partial charge in [0.25, 0.3) is 0 Å². The molecular formula is C82H60N2O2. The van der Waals surface area contributed by atoms with Gasteiger partial charge in [-0.25, -0.2) is 0 Å². The van der Waals surface area contributed by atoms with E-state index in [-0.39, 0.29) is 11.8 Å². The molecule has 410 valence electrons. The van der Waals surface area contributed by atoms with E-state index >= 15 is 0 Å². The van der Waals surface area contributed by atoms with Crippen LogP contribution in [-0.2, 0) is 0 Å². The SMILES string of the molecule is C1=Cc2cc(C3CCCCC3)cc3c2C2C1=C(N(c1cc(-c4ccccc4)ccc1-c1ccccc1)c1cccc4c1oc1ccccc14)C=C(N(c1cc(-c4ccccc4)ccc1-c1ccccc1)c1cccc4c1oc1ccccc14)C2C=C3. The van der Waals surface area contributed by atoms with Gasteiger partial charge in [-0.15, -0.1) is 0 Å². The average Bonchev–Trinajstić information content (AvgIpc) is 1.07. The highest BCUT2D eigenvalue weighted by molar-refractivity contribution is 6.12. The predicted octanol–water partition coefficient (Wildman–Crippen LogP) is 22.8. The minimum atomic E-state index is -0.123. The van der Waals surface area contributed by atoms with E-state index in [9.17, 15) is 0 Å². The Hall–Kier alpha value is -10.4. The highest BCUT2D eigenvalue weighted by atomic mass is 16.3. The third kappa shape index (κ3) is 8.34. The maximum absolute atomic E-state index is 7.23. The fraction of sp³-hybridized carbons (Fsp3) is 0.0976. The molecule has 0 bridgehead atoms. The molecule has 4 heteroatoms. The topological polar surface area (TPSA) is 32.8 Å². The monoisotopic (exact) mass is 1100 g/mol. The van der Waals surface area contributed by atoms with Gasteiger partial charge >= 0.3 is 0 Å². The molecule has 1 fully saturated rings. The van der Waals surface area contributed by atoms with E-state index in [1.807, 2.05) is 0 Å². The van der Waals surface area contributed by atoms with Crippen molar-refractivity contribution in [1.82, 2.24) is 0 Å². The summed E-state index contributed by atoms with van der Waals surface area (Å²) in [5.74, 6) is 0.345. The lowest BCUT2D eigenvalue weighted by molar-refractivity contribution is 0.443. The molecular weight excluding hydrogens is 1040 g/mol. The van der Waals surface area contributed by atoms with Crippen molar-refractivity contribution in [3.8, 4) is 44.5 Å². The Balaban J connectivity index is 1.02. The summed E-state index contributed by atoms with van der Waals surface area (Å²) in [5.41, 5.74) is 25.3. The number of fused-ring (bicyclic) bond motifs is 6. The Kier molecular flexibility index (Phi) is 12.1. The van der Waals surface area contributed by atoms with Gasteiger partial charge in [0.05, 0.1) is 28.4 Å². The number of hydrogen-bond acceptors (Lipinski definition) is 4. The highest BCUT2D eigenvalue weighted by Gasteiger charge is 2.44. The summed E-state index contributed by atoms with van der Waals surface area (Å²) >= 11 is 0. The van der Waals surface area contributed by atoms with Gasteiger partial charge in [-0.3, -0.25) is 0 Å². The lowest BCUT2D eigenvalue weighted by Crippen LogP contribution is -2.35. The van der Waals surface area contributed by atoms with Crippen molar-refractivity contribution in [3.05, 3.63) is 312 Å². The van der Waals surface area contributed by atoms with Gasteiger partial charge < -0.3 is 18.6 Å². The summed E-state index contributed by atoms with van der Waals surface area (Å²) in [4.78, 5) is 5.15. The molecule has 4 nitrogen and oxygen atoms in total. The Morgan fingerprint density at radius 3 is 1.40 bits per heavy atom. The molecule has 2 atom stereocenters. The number of furan rings is 2. The van der Waals surface area contributed by atoms with Gasteiger partial charge in [0.2, 0.25) is 0 Å². The fourth-order valence-corrected chi connectivity index (χ4v) is 14.8. The van der Waals surface area contributed by atoms with Gasteiger partial charge in [0.15, 0.2) is 11.2 Å². The summed E-state index contributed by atoms with van der Waals surface area (Å²) < 4.78 is 14.5. The normalized spacial score (nSPS) is 16.3. The van der Waals surface area contributed by atoms with Crippen LogP contribution in [0.2, 0.25) is 0 Å². The van der Waals surface area contributed by atoms with E-state index in [1.54, 1.807) is 0 Å². The molecule has 1 saturated carbocycles. The van der Waals surface area contributed by atoms with Crippen LogP contribution in [0.1, 0.15) is 66.2 Å². The molecule has 2 heterocycles. The Labute approximate surface area is 501 Å². The van der Waals surface area contributed by atoms with Gasteiger partial charge in [-0.2, -0.15) is 0 Å². The summed E-state index contributed by atoms with van der Waals surface area (Å²) in [6.45, 7) is 0. The zero-order valence-electron chi connectivity index (χ0n) is 47.6. The second-order valence-corrected chi connectivity index (χ2v) is 23.7. The number of rotatable bonds is 11. The lowest BCUT2D eigenvalue weighted by Gasteiger charge is -2.45. The first-order valence-corrected chi connectivity index (χ1v) is 30.6. The number of nitrogens with zero attached hydrogens (tertiary/aromatic N) is 2. The van der Waals surface area contributed by atoms with E-state index in [0.29, 0.717) is 5.92 Å². The minimum absolute atomic E-state index is 0.0879. The van der Waals surface area contributed by atoms with Gasteiger partial charge in [-0.1, -0.05) is 262 Å². The van der Waals surface area contributed by atoms with E-state index in [1.165, 1.54) is 59.9 Å². The molecule has 0 saturated heterocycles. The summed E-state index contributed by atoms with van der Waals surface area (Å²) in [6, 6.07) is 93.1. The largest absolute Gasteiger partial charge is 0.454 e. The van der Waals surface area contributed by atoms with Crippen LogP contribution >= 0.6 is 0 Å². The van der Waals surface area contributed by atoms with Crippen molar-refractivity contribution in [2.45, 2.75) is 43.9 Å². The summed E-state index contributed by atoms with van der Waals surface area (Å²) in [5, 5.41) is 4.31. The standard InChI is InChI=1S/C82H60N2O2/c1-6-22-53(23-7-1)58-40-44-63(56-28-12-4-13-29-56)73(50-58)83(71-36-20-34-67-65-32-16-18-38-77(65)85-81(67)71)75-52-76(70-47-43-61-49-62(55-26-10-3-11-27-55)48-60-42-46-69(75)80(70)79(60)61)84(72-37-21-35-68-66-33-17-19-39-78(66)86-82(68)72)74-51-59(54-24-8-2-9-25-54)41-45-64(74)57-30-14-5-15-31-57/h1-2,4-9,12-25,28-52,55,69,80H,3,10-11,26-27H2. The number of para-hydroxylation sites is 4. The van der Waals surface area contributed by atoms with Crippen molar-refractivity contribution in [2.75, 3.05) is 9.80 Å². The molecule has 13 aromatic rings. The zero-order valence-corrected chi connectivity index (χ0v) is 47.6. The molecule has 86 heavy (non-hydrogen) atoms. The molecule has 0 radical (unpaired) electrons. The molecule has 2 aromatic heterocycles. The van der Waals surface area contributed by atoms with Crippen LogP contribution < -0.4 is 9.80 Å². The van der Waals surface area contributed by atoms with Crippen molar-refractivity contribution in [2.24, 2.45) is 5.92 Å². The van der Waals surface area contributed by atoms with Gasteiger partial charge in [0.1, 0.15) is 11.2 Å². The molecule has 0 amide bonds. The Bertz CT molecular complexity index is 4920. The Morgan fingerprint density at radius 2 is 0.837 bits per heavy atom. The Morgan fingerprint density at radius 1 is 0.360 bits per heavy atom. The van der Waals surface area contributed by atoms with Crippen LogP contribution in [0.15, 0.2) is 299 Å². The third-order valence-corrected chi connectivity index (χ3v) is 18.8. The molecule has 0 spiro atoms. The molecule has 2 unspecified atom stereocenters. The van der Waals surface area contributed by atoms with Gasteiger partial charge in [-0.05, 0) is 122 Å². The zero-order chi connectivity index (χ0) is 56.7. The second-order valence-electron chi connectivity index (χ2n) is 23.7. The average molecular weight is 1110 g/mol. The maximum Gasteiger partial charge on any atom is 0.159 e.